The van der Waals surface area contributed by atoms with Crippen LogP contribution >= 0.6 is 0 Å². The number of amides is 1. The lowest BCUT2D eigenvalue weighted by Gasteiger charge is -2.25. The Balaban J connectivity index is 3.02. The molecule has 3 nitrogen and oxygen atoms in total. The Kier molecular flexibility index (Phi) is 5.14. The molecule has 3 heteroatoms. The van der Waals surface area contributed by atoms with Crippen molar-refractivity contribution in [2.45, 2.75) is 39.7 Å². The fourth-order valence-corrected chi connectivity index (χ4v) is 1.55. The third-order valence-electron chi connectivity index (χ3n) is 3.13. The number of aliphatic hydroxyl groups is 1. The molecule has 0 unspecified atom stereocenters. The van der Waals surface area contributed by atoms with Crippen molar-refractivity contribution in [1.29, 1.82) is 0 Å². The summed E-state index contributed by atoms with van der Waals surface area (Å²) >= 11 is 0. The Morgan fingerprint density at radius 1 is 1.42 bits per heavy atom. The second-order valence-corrected chi connectivity index (χ2v) is 5.18. The van der Waals surface area contributed by atoms with E-state index in [-0.39, 0.29) is 18.1 Å². The Bertz CT molecular complexity index is 521. The minimum Gasteiger partial charge on any atom is -0.384 e. The van der Waals surface area contributed by atoms with Crippen LogP contribution in [0, 0.1) is 18.8 Å². The predicted molar refractivity (Wildman–Crippen MR) is 77.0 cm³/mol. The summed E-state index contributed by atoms with van der Waals surface area (Å²) < 4.78 is 0. The van der Waals surface area contributed by atoms with E-state index in [0.29, 0.717) is 5.56 Å². The van der Waals surface area contributed by atoms with E-state index in [9.17, 15) is 4.79 Å². The van der Waals surface area contributed by atoms with Gasteiger partial charge < -0.3 is 10.4 Å². The Labute approximate surface area is 115 Å². The van der Waals surface area contributed by atoms with Gasteiger partial charge >= 0.3 is 0 Å². The van der Waals surface area contributed by atoms with Gasteiger partial charge in [-0.1, -0.05) is 24.8 Å². The molecule has 0 heterocycles. The van der Waals surface area contributed by atoms with E-state index in [1.54, 1.807) is 6.07 Å². The van der Waals surface area contributed by atoms with E-state index >= 15 is 0 Å². The number of nitrogens with one attached hydrogen (secondary N) is 1. The molecule has 19 heavy (non-hydrogen) atoms. The predicted octanol–water partition coefficient (Wildman–Crippen LogP) is 2.26. The highest BCUT2D eigenvalue weighted by molar-refractivity contribution is 5.96. The minimum absolute atomic E-state index is 0.0861. The molecule has 0 saturated heterocycles. The molecule has 0 atom stereocenters. The molecule has 0 aliphatic heterocycles. The smallest absolute Gasteiger partial charge is 0.252 e. The number of hydrogen-bond acceptors (Lipinski definition) is 2. The number of carbonyl (C=O) groups excluding carboxylic acids is 1. The van der Waals surface area contributed by atoms with E-state index < -0.39 is 0 Å². The number of aliphatic hydroxyl groups excluding tert-OH is 1. The van der Waals surface area contributed by atoms with Gasteiger partial charge in [-0.05, 0) is 44.9 Å². The van der Waals surface area contributed by atoms with Crippen LogP contribution in [0.3, 0.4) is 0 Å². The maximum absolute atomic E-state index is 12.3. The highest BCUT2D eigenvalue weighted by atomic mass is 16.2. The largest absolute Gasteiger partial charge is 0.384 e. The molecule has 0 bridgehead atoms. The number of carbonyl (C=O) groups is 1. The molecular formula is C16H21NO2. The fourth-order valence-electron chi connectivity index (χ4n) is 1.55. The highest BCUT2D eigenvalue weighted by Crippen LogP contribution is 2.14. The van der Waals surface area contributed by atoms with Crippen molar-refractivity contribution >= 4 is 5.91 Å². The first kappa shape index (κ1) is 15.3. The van der Waals surface area contributed by atoms with Crippen LogP contribution in [0.2, 0.25) is 0 Å². The zero-order chi connectivity index (χ0) is 14.5. The molecule has 0 aliphatic carbocycles. The van der Waals surface area contributed by atoms with E-state index in [4.69, 9.17) is 5.11 Å². The van der Waals surface area contributed by atoms with Crippen LogP contribution in [0.25, 0.3) is 0 Å². The lowest BCUT2D eigenvalue weighted by Crippen LogP contribution is -2.43. The van der Waals surface area contributed by atoms with Gasteiger partial charge in [0.05, 0.1) is 0 Å². The van der Waals surface area contributed by atoms with Gasteiger partial charge in [0.25, 0.3) is 5.91 Å². The van der Waals surface area contributed by atoms with Gasteiger partial charge in [0.1, 0.15) is 6.61 Å². The molecule has 1 aromatic carbocycles. The summed E-state index contributed by atoms with van der Waals surface area (Å²) in [6.45, 7) is 7.75. The van der Waals surface area contributed by atoms with Crippen molar-refractivity contribution < 1.29 is 9.90 Å². The van der Waals surface area contributed by atoms with Crippen molar-refractivity contribution in [3.8, 4) is 11.8 Å². The third-order valence-corrected chi connectivity index (χ3v) is 3.13. The fraction of sp³-hybridized carbons (Fsp3) is 0.438. The van der Waals surface area contributed by atoms with Crippen LogP contribution in [0.5, 0.6) is 0 Å². The normalized spacial score (nSPS) is 10.6. The van der Waals surface area contributed by atoms with Crippen molar-refractivity contribution in [1.82, 2.24) is 5.32 Å². The van der Waals surface area contributed by atoms with Gasteiger partial charge in [0.15, 0.2) is 0 Å². The average Bonchev–Trinajstić information content (AvgIpc) is 2.37. The van der Waals surface area contributed by atoms with Gasteiger partial charge in [-0.3, -0.25) is 4.79 Å². The summed E-state index contributed by atoms with van der Waals surface area (Å²) in [5, 5.41) is 11.7. The third kappa shape index (κ3) is 4.42. The Morgan fingerprint density at radius 3 is 2.68 bits per heavy atom. The van der Waals surface area contributed by atoms with Crippen LogP contribution in [0.15, 0.2) is 18.2 Å². The van der Waals surface area contributed by atoms with E-state index in [1.165, 1.54) is 0 Å². The average molecular weight is 259 g/mol. The van der Waals surface area contributed by atoms with Crippen LogP contribution in [0.4, 0.5) is 0 Å². The van der Waals surface area contributed by atoms with Crippen LogP contribution in [0.1, 0.15) is 48.7 Å². The van der Waals surface area contributed by atoms with Gasteiger partial charge in [0, 0.05) is 16.7 Å². The molecule has 1 aromatic rings. The summed E-state index contributed by atoms with van der Waals surface area (Å²) in [5.41, 5.74) is 2.06. The molecular weight excluding hydrogens is 238 g/mol. The summed E-state index contributed by atoms with van der Waals surface area (Å²) in [4.78, 5) is 12.3. The highest BCUT2D eigenvalue weighted by Gasteiger charge is 2.19. The Morgan fingerprint density at radius 2 is 2.11 bits per heavy atom. The summed E-state index contributed by atoms with van der Waals surface area (Å²) in [5.74, 6) is 5.31. The zero-order valence-electron chi connectivity index (χ0n) is 12.0. The summed E-state index contributed by atoms with van der Waals surface area (Å²) in [6.07, 6.45) is 0.863. The number of aryl methyl sites for hydroxylation is 1. The summed E-state index contributed by atoms with van der Waals surface area (Å²) in [7, 11) is 0. The van der Waals surface area contributed by atoms with Crippen molar-refractivity contribution in [3.05, 3.63) is 34.9 Å². The molecule has 0 aliphatic rings. The molecule has 0 radical (unpaired) electrons. The number of hydrogen-bond donors (Lipinski definition) is 2. The second kappa shape index (κ2) is 6.40. The Hall–Kier alpha value is -1.79. The van der Waals surface area contributed by atoms with E-state index in [0.717, 1.165) is 17.5 Å². The van der Waals surface area contributed by atoms with Gasteiger partial charge in [0.2, 0.25) is 0 Å². The van der Waals surface area contributed by atoms with Gasteiger partial charge in [-0.2, -0.15) is 0 Å². The van der Waals surface area contributed by atoms with Crippen LogP contribution in [-0.2, 0) is 0 Å². The first-order valence-corrected chi connectivity index (χ1v) is 6.42. The zero-order valence-corrected chi connectivity index (χ0v) is 12.0. The minimum atomic E-state index is -0.226. The van der Waals surface area contributed by atoms with Gasteiger partial charge in [-0.15, -0.1) is 0 Å². The first-order chi connectivity index (χ1) is 8.89. The maximum atomic E-state index is 12.3. The van der Waals surface area contributed by atoms with Crippen molar-refractivity contribution in [2.75, 3.05) is 6.61 Å². The number of benzene rings is 1. The first-order valence-electron chi connectivity index (χ1n) is 6.42. The van der Waals surface area contributed by atoms with E-state index in [2.05, 4.69) is 17.2 Å². The molecule has 0 aromatic heterocycles. The monoisotopic (exact) mass is 259 g/mol. The SMILES string of the molecule is CCC(C)(C)NC(=O)c1cc(C#CCO)ccc1C. The molecule has 2 N–H and O–H groups in total. The lowest BCUT2D eigenvalue weighted by atomic mass is 9.99. The van der Waals surface area contributed by atoms with Crippen molar-refractivity contribution in [3.63, 3.8) is 0 Å². The van der Waals surface area contributed by atoms with Gasteiger partial charge in [-0.25, -0.2) is 0 Å². The lowest BCUT2D eigenvalue weighted by molar-refractivity contribution is 0.0910. The molecule has 0 fully saturated rings. The summed E-state index contributed by atoms with van der Waals surface area (Å²) in [6, 6.07) is 5.48. The van der Waals surface area contributed by atoms with Crippen molar-refractivity contribution in [2.24, 2.45) is 0 Å². The van der Waals surface area contributed by atoms with Crippen LogP contribution in [-0.4, -0.2) is 23.2 Å². The number of rotatable bonds is 3. The van der Waals surface area contributed by atoms with Crippen LogP contribution < -0.4 is 5.32 Å². The quantitative estimate of drug-likeness (QED) is 0.818. The standard InChI is InChI=1S/C16H21NO2/c1-5-16(3,4)17-15(19)14-11-13(7-6-10-18)9-8-12(14)2/h8-9,11,18H,5,10H2,1-4H3,(H,17,19). The molecule has 102 valence electrons. The molecule has 1 rings (SSSR count). The topological polar surface area (TPSA) is 49.3 Å². The molecule has 0 saturated carbocycles. The van der Waals surface area contributed by atoms with E-state index in [1.807, 2.05) is 39.8 Å². The molecule has 0 spiro atoms. The molecule has 1 amide bonds. The maximum Gasteiger partial charge on any atom is 0.252 e. The second-order valence-electron chi connectivity index (χ2n) is 5.18.